The van der Waals surface area contributed by atoms with Crippen LogP contribution >= 0.6 is 0 Å². The molecule has 0 fully saturated rings. The summed E-state index contributed by atoms with van der Waals surface area (Å²) < 4.78 is 0. The molecule has 0 spiro atoms. The molecule has 23 heavy (non-hydrogen) atoms. The van der Waals surface area contributed by atoms with Crippen LogP contribution < -0.4 is 15.9 Å². The number of aromatic hydroxyl groups is 1. The molecule has 0 saturated carbocycles. The van der Waals surface area contributed by atoms with Gasteiger partial charge in [0.05, 0.1) is 0 Å². The Kier molecular flexibility index (Phi) is 3.19. The number of anilines is 2. The molecule has 0 amide bonds. The Morgan fingerprint density at radius 2 is 1.70 bits per heavy atom. The van der Waals surface area contributed by atoms with Crippen LogP contribution in [-0.4, -0.2) is 12.1 Å². The zero-order chi connectivity index (χ0) is 16.0. The summed E-state index contributed by atoms with van der Waals surface area (Å²) in [6.45, 7) is 4.37. The first kappa shape index (κ1) is 14.0. The molecule has 1 heterocycles. The van der Waals surface area contributed by atoms with Gasteiger partial charge in [-0.1, -0.05) is 44.2 Å². The van der Waals surface area contributed by atoms with Gasteiger partial charge >= 0.3 is 6.98 Å². The number of hydrogen-bond donors (Lipinski definition) is 3. The van der Waals surface area contributed by atoms with E-state index < -0.39 is 0 Å². The highest BCUT2D eigenvalue weighted by Gasteiger charge is 2.26. The molecule has 0 radical (unpaired) electrons. The van der Waals surface area contributed by atoms with Crippen molar-refractivity contribution in [2.45, 2.75) is 19.8 Å². The maximum absolute atomic E-state index is 9.75. The predicted octanol–water partition coefficient (Wildman–Crippen LogP) is 3.90. The fraction of sp³-hybridized carbons (Fsp3) is 0.158. The smallest absolute Gasteiger partial charge is 0.406 e. The summed E-state index contributed by atoms with van der Waals surface area (Å²) in [5.41, 5.74) is 4.62. The highest BCUT2D eigenvalue weighted by atomic mass is 16.3. The summed E-state index contributed by atoms with van der Waals surface area (Å²) in [5.74, 6) is 0.765. The van der Waals surface area contributed by atoms with Gasteiger partial charge in [0.2, 0.25) is 0 Å². The quantitative estimate of drug-likeness (QED) is 0.629. The van der Waals surface area contributed by atoms with Crippen LogP contribution in [0.4, 0.5) is 11.4 Å². The minimum atomic E-state index is -0.0531. The summed E-state index contributed by atoms with van der Waals surface area (Å²) in [6.07, 6.45) is 0. The van der Waals surface area contributed by atoms with E-state index in [4.69, 9.17) is 0 Å². The first-order valence-corrected chi connectivity index (χ1v) is 8.00. The van der Waals surface area contributed by atoms with Gasteiger partial charge in [0.15, 0.2) is 0 Å². The molecule has 4 heteroatoms. The van der Waals surface area contributed by atoms with Gasteiger partial charge in [-0.05, 0) is 46.6 Å². The molecule has 0 atom stereocenters. The van der Waals surface area contributed by atoms with Crippen molar-refractivity contribution in [1.29, 1.82) is 0 Å². The Morgan fingerprint density at radius 3 is 2.48 bits per heavy atom. The summed E-state index contributed by atoms with van der Waals surface area (Å²) >= 11 is 0. The van der Waals surface area contributed by atoms with Crippen LogP contribution in [0.3, 0.4) is 0 Å². The Morgan fingerprint density at radius 1 is 0.913 bits per heavy atom. The Bertz CT molecular complexity index is 892. The second-order valence-corrected chi connectivity index (χ2v) is 6.44. The normalized spacial score (nSPS) is 13.1. The molecule has 0 aromatic heterocycles. The van der Waals surface area contributed by atoms with Crippen LogP contribution in [0.2, 0.25) is 0 Å². The molecule has 3 aromatic carbocycles. The zero-order valence-electron chi connectivity index (χ0n) is 13.3. The number of phenolic OH excluding ortho intramolecular Hbond substituents is 1. The standard InChI is InChI=1S/C19H19BN2O/c1-12(2)14-9-13-5-3-8-17-19(13)18(10-14)22-20(21-17)15-6-4-7-16(23)11-15/h3-12,21-23H,1-2H3. The minimum Gasteiger partial charge on any atom is -0.508 e. The molecule has 3 N–H and O–H groups in total. The van der Waals surface area contributed by atoms with E-state index in [9.17, 15) is 5.11 Å². The van der Waals surface area contributed by atoms with Gasteiger partial charge in [-0.25, -0.2) is 0 Å². The van der Waals surface area contributed by atoms with Gasteiger partial charge in [0.25, 0.3) is 0 Å². The van der Waals surface area contributed by atoms with Crippen LogP contribution in [0, 0.1) is 0 Å². The van der Waals surface area contributed by atoms with E-state index in [2.05, 4.69) is 54.6 Å². The van der Waals surface area contributed by atoms with Crippen molar-refractivity contribution in [1.82, 2.24) is 0 Å². The fourth-order valence-corrected chi connectivity index (χ4v) is 3.24. The van der Waals surface area contributed by atoms with Crippen LogP contribution in [0.1, 0.15) is 25.3 Å². The lowest BCUT2D eigenvalue weighted by Gasteiger charge is -2.28. The first-order valence-electron chi connectivity index (χ1n) is 8.00. The van der Waals surface area contributed by atoms with Gasteiger partial charge in [0.1, 0.15) is 5.75 Å². The molecule has 0 aliphatic carbocycles. The Hall–Kier alpha value is -2.62. The highest BCUT2D eigenvalue weighted by Crippen LogP contribution is 2.36. The maximum Gasteiger partial charge on any atom is 0.406 e. The number of benzene rings is 3. The molecule has 0 bridgehead atoms. The molecule has 1 aliphatic rings. The molecule has 114 valence electrons. The third-order valence-electron chi connectivity index (χ3n) is 4.47. The number of phenols is 1. The number of rotatable bonds is 2. The lowest BCUT2D eigenvalue weighted by Crippen LogP contribution is -2.47. The van der Waals surface area contributed by atoms with Crippen molar-refractivity contribution in [2.24, 2.45) is 0 Å². The SMILES string of the molecule is CC(C)c1cc2c3c(cccc3c1)NB(c1cccc(O)c1)N2. The number of nitrogens with one attached hydrogen (secondary N) is 2. The molecular formula is C19H19BN2O. The molecular weight excluding hydrogens is 283 g/mol. The molecule has 4 rings (SSSR count). The van der Waals surface area contributed by atoms with Gasteiger partial charge in [-0.2, -0.15) is 0 Å². The zero-order valence-corrected chi connectivity index (χ0v) is 13.3. The minimum absolute atomic E-state index is 0.0531. The fourth-order valence-electron chi connectivity index (χ4n) is 3.24. The average Bonchev–Trinajstić information content (AvgIpc) is 2.54. The van der Waals surface area contributed by atoms with Crippen molar-refractivity contribution in [3.8, 4) is 5.75 Å². The predicted molar refractivity (Wildman–Crippen MR) is 98.8 cm³/mol. The molecule has 0 saturated heterocycles. The van der Waals surface area contributed by atoms with Gasteiger partial charge in [0, 0.05) is 16.8 Å². The van der Waals surface area contributed by atoms with Crippen LogP contribution in [0.5, 0.6) is 5.75 Å². The number of hydrogen-bond acceptors (Lipinski definition) is 3. The third kappa shape index (κ3) is 2.40. The molecule has 0 unspecified atom stereocenters. The van der Waals surface area contributed by atoms with Gasteiger partial charge in [-0.3, -0.25) is 0 Å². The summed E-state index contributed by atoms with van der Waals surface area (Å²) in [6, 6.07) is 18.2. The van der Waals surface area contributed by atoms with Crippen LogP contribution in [-0.2, 0) is 0 Å². The van der Waals surface area contributed by atoms with Crippen LogP contribution in [0.15, 0.2) is 54.6 Å². The van der Waals surface area contributed by atoms with E-state index in [1.807, 2.05) is 12.1 Å². The average molecular weight is 302 g/mol. The lowest BCUT2D eigenvalue weighted by atomic mass is 9.66. The van der Waals surface area contributed by atoms with E-state index in [1.54, 1.807) is 12.1 Å². The van der Waals surface area contributed by atoms with Crippen molar-refractivity contribution in [3.05, 3.63) is 60.2 Å². The molecule has 1 aliphatic heterocycles. The maximum atomic E-state index is 9.75. The van der Waals surface area contributed by atoms with E-state index in [0.717, 1.165) is 16.8 Å². The summed E-state index contributed by atoms with van der Waals surface area (Å²) in [7, 11) is 0. The monoisotopic (exact) mass is 302 g/mol. The van der Waals surface area contributed by atoms with E-state index >= 15 is 0 Å². The van der Waals surface area contributed by atoms with Crippen molar-refractivity contribution in [2.75, 3.05) is 10.5 Å². The highest BCUT2D eigenvalue weighted by molar-refractivity contribution is 6.80. The van der Waals surface area contributed by atoms with Gasteiger partial charge < -0.3 is 15.6 Å². The Labute approximate surface area is 136 Å². The molecule has 3 aromatic rings. The van der Waals surface area contributed by atoms with E-state index in [0.29, 0.717) is 5.92 Å². The van der Waals surface area contributed by atoms with Crippen molar-refractivity contribution < 1.29 is 5.11 Å². The van der Waals surface area contributed by atoms with Crippen molar-refractivity contribution >= 4 is 34.6 Å². The van der Waals surface area contributed by atoms with E-state index in [-0.39, 0.29) is 12.7 Å². The second-order valence-electron chi connectivity index (χ2n) is 6.44. The third-order valence-corrected chi connectivity index (χ3v) is 4.47. The largest absolute Gasteiger partial charge is 0.508 e. The summed E-state index contributed by atoms with van der Waals surface area (Å²) in [5, 5.41) is 19.3. The van der Waals surface area contributed by atoms with E-state index in [1.165, 1.54) is 16.3 Å². The Balaban J connectivity index is 1.85. The van der Waals surface area contributed by atoms with Crippen LogP contribution in [0.25, 0.3) is 10.8 Å². The topological polar surface area (TPSA) is 44.3 Å². The first-order chi connectivity index (χ1) is 11.1. The van der Waals surface area contributed by atoms with Crippen molar-refractivity contribution in [3.63, 3.8) is 0 Å². The second kappa shape index (κ2) is 5.23. The van der Waals surface area contributed by atoms with Gasteiger partial charge in [-0.15, -0.1) is 0 Å². The summed E-state index contributed by atoms with van der Waals surface area (Å²) in [4.78, 5) is 0. The lowest BCUT2D eigenvalue weighted by molar-refractivity contribution is 0.476. The molecule has 3 nitrogen and oxygen atoms in total.